The lowest BCUT2D eigenvalue weighted by molar-refractivity contribution is -0.121. The first-order valence-electron chi connectivity index (χ1n) is 9.05. The molecule has 2 aromatic carbocycles. The van der Waals surface area contributed by atoms with Gasteiger partial charge in [0.1, 0.15) is 11.6 Å². The van der Waals surface area contributed by atoms with Gasteiger partial charge in [-0.05, 0) is 43.2 Å². The molecule has 9 heteroatoms. The molecule has 7 nitrogen and oxygen atoms in total. The van der Waals surface area contributed by atoms with Gasteiger partial charge < -0.3 is 21.3 Å². The molecule has 0 radical (unpaired) electrons. The van der Waals surface area contributed by atoms with Crippen LogP contribution in [0.1, 0.15) is 23.2 Å². The summed E-state index contributed by atoms with van der Waals surface area (Å²) < 4.78 is 26.9. The van der Waals surface area contributed by atoms with Crippen LogP contribution < -0.4 is 16.4 Å². The summed E-state index contributed by atoms with van der Waals surface area (Å²) >= 11 is 0. The summed E-state index contributed by atoms with van der Waals surface area (Å²) in [5, 5.41) is 5.21. The van der Waals surface area contributed by atoms with Crippen LogP contribution in [0.15, 0.2) is 42.5 Å². The number of hydrogen-bond donors (Lipinski definition) is 3. The van der Waals surface area contributed by atoms with Crippen molar-refractivity contribution in [3.63, 3.8) is 0 Å². The molecule has 1 saturated heterocycles. The van der Waals surface area contributed by atoms with Crippen molar-refractivity contribution in [1.82, 2.24) is 4.90 Å². The van der Waals surface area contributed by atoms with E-state index in [1.807, 2.05) is 0 Å². The number of nitrogens with two attached hydrogens (primary N) is 1. The lowest BCUT2D eigenvalue weighted by Crippen LogP contribution is -2.41. The number of urea groups is 1. The van der Waals surface area contributed by atoms with Crippen LogP contribution in [0.2, 0.25) is 0 Å². The van der Waals surface area contributed by atoms with E-state index in [9.17, 15) is 23.2 Å². The van der Waals surface area contributed by atoms with Crippen LogP contribution in [0, 0.1) is 17.6 Å². The molecule has 1 heterocycles. The number of anilines is 2. The molecule has 0 aliphatic carbocycles. The largest absolute Gasteiger partial charge is 0.351 e. The number of nitrogens with one attached hydrogen (secondary N) is 2. The van der Waals surface area contributed by atoms with Gasteiger partial charge in [-0.25, -0.2) is 13.6 Å². The van der Waals surface area contributed by atoms with Gasteiger partial charge in [0.2, 0.25) is 5.91 Å². The molecule has 152 valence electrons. The van der Waals surface area contributed by atoms with E-state index in [4.69, 9.17) is 5.73 Å². The first-order chi connectivity index (χ1) is 13.8. The number of benzene rings is 2. The normalized spacial score (nSPS) is 14.3. The maximum absolute atomic E-state index is 13.8. The number of amides is 4. The van der Waals surface area contributed by atoms with E-state index in [0.717, 1.165) is 12.1 Å². The van der Waals surface area contributed by atoms with Crippen LogP contribution >= 0.6 is 0 Å². The minimum atomic E-state index is -0.903. The number of carbonyl (C=O) groups excluding carboxylic acids is 3. The molecule has 1 aliphatic heterocycles. The smallest absolute Gasteiger partial charge is 0.316 e. The van der Waals surface area contributed by atoms with Crippen molar-refractivity contribution in [3.05, 3.63) is 59.7 Å². The Balaban J connectivity index is 1.57. The van der Waals surface area contributed by atoms with Crippen molar-refractivity contribution < 1.29 is 23.2 Å². The molecule has 0 spiro atoms. The number of primary amides is 1. The van der Waals surface area contributed by atoms with Gasteiger partial charge in [0.25, 0.3) is 5.91 Å². The van der Waals surface area contributed by atoms with Crippen molar-refractivity contribution in [2.45, 2.75) is 12.8 Å². The fraction of sp³-hybridized carbons (Fsp3) is 0.250. The summed E-state index contributed by atoms with van der Waals surface area (Å²) in [6, 6.07) is 8.70. The predicted molar refractivity (Wildman–Crippen MR) is 103 cm³/mol. The quantitative estimate of drug-likeness (QED) is 0.732. The number of likely N-dealkylation sites (tertiary alicyclic amines) is 1. The van der Waals surface area contributed by atoms with E-state index >= 15 is 0 Å². The molecule has 2 aromatic rings. The number of nitrogens with zero attached hydrogens (tertiary/aromatic N) is 1. The maximum atomic E-state index is 13.8. The minimum absolute atomic E-state index is 0.187. The summed E-state index contributed by atoms with van der Waals surface area (Å²) in [6.07, 6.45) is 0.833. The second kappa shape index (κ2) is 8.68. The molecule has 0 saturated carbocycles. The predicted octanol–water partition coefficient (Wildman–Crippen LogP) is 2.95. The Morgan fingerprint density at radius 3 is 2.24 bits per heavy atom. The van der Waals surface area contributed by atoms with Crippen LogP contribution in [-0.4, -0.2) is 35.8 Å². The Kier molecular flexibility index (Phi) is 6.06. The monoisotopic (exact) mass is 402 g/mol. The van der Waals surface area contributed by atoms with E-state index in [-0.39, 0.29) is 30.5 Å². The molecular weight excluding hydrogens is 382 g/mol. The van der Waals surface area contributed by atoms with E-state index in [2.05, 4.69) is 10.6 Å². The highest BCUT2D eigenvalue weighted by atomic mass is 19.1. The van der Waals surface area contributed by atoms with Gasteiger partial charge in [-0.15, -0.1) is 0 Å². The molecule has 0 bridgehead atoms. The molecule has 0 unspecified atom stereocenters. The van der Waals surface area contributed by atoms with Crippen molar-refractivity contribution in [1.29, 1.82) is 0 Å². The van der Waals surface area contributed by atoms with Crippen molar-refractivity contribution in [2.24, 2.45) is 11.7 Å². The SMILES string of the molecule is NC(=O)Nc1cccc(NC(=O)C2CCN(C(=O)c3ccc(F)cc3F)CC2)c1. The lowest BCUT2D eigenvalue weighted by atomic mass is 9.95. The van der Waals surface area contributed by atoms with E-state index < -0.39 is 23.6 Å². The van der Waals surface area contributed by atoms with Gasteiger partial charge in [0, 0.05) is 36.4 Å². The maximum Gasteiger partial charge on any atom is 0.316 e. The topological polar surface area (TPSA) is 105 Å². The van der Waals surface area contributed by atoms with Crippen LogP contribution in [0.25, 0.3) is 0 Å². The minimum Gasteiger partial charge on any atom is -0.351 e. The third-order valence-corrected chi connectivity index (χ3v) is 4.71. The second-order valence-corrected chi connectivity index (χ2v) is 6.75. The van der Waals surface area contributed by atoms with Gasteiger partial charge in [0.15, 0.2) is 0 Å². The van der Waals surface area contributed by atoms with Gasteiger partial charge in [-0.3, -0.25) is 9.59 Å². The van der Waals surface area contributed by atoms with Gasteiger partial charge in [0.05, 0.1) is 5.56 Å². The average Bonchev–Trinajstić information content (AvgIpc) is 2.67. The second-order valence-electron chi connectivity index (χ2n) is 6.75. The molecule has 1 fully saturated rings. The molecule has 29 heavy (non-hydrogen) atoms. The van der Waals surface area contributed by atoms with Crippen molar-refractivity contribution in [3.8, 4) is 0 Å². The van der Waals surface area contributed by atoms with Crippen molar-refractivity contribution >= 4 is 29.2 Å². The number of halogens is 2. The van der Waals surface area contributed by atoms with Gasteiger partial charge in [-0.2, -0.15) is 0 Å². The highest BCUT2D eigenvalue weighted by Crippen LogP contribution is 2.23. The fourth-order valence-electron chi connectivity index (χ4n) is 3.24. The van der Waals surface area contributed by atoms with Crippen LogP contribution in [0.3, 0.4) is 0 Å². The number of piperidine rings is 1. The van der Waals surface area contributed by atoms with Gasteiger partial charge >= 0.3 is 6.03 Å². The zero-order chi connectivity index (χ0) is 21.0. The Labute approximate surface area is 165 Å². The Bertz CT molecular complexity index is 943. The highest BCUT2D eigenvalue weighted by Gasteiger charge is 2.29. The molecule has 0 atom stereocenters. The fourth-order valence-corrected chi connectivity index (χ4v) is 3.24. The number of hydrogen-bond acceptors (Lipinski definition) is 3. The molecule has 3 rings (SSSR count). The zero-order valence-electron chi connectivity index (χ0n) is 15.5. The average molecular weight is 402 g/mol. The number of carbonyl (C=O) groups is 3. The molecule has 1 aliphatic rings. The summed E-state index contributed by atoms with van der Waals surface area (Å²) in [4.78, 5) is 37.3. The highest BCUT2D eigenvalue weighted by molar-refractivity contribution is 5.96. The molecule has 0 aromatic heterocycles. The first kappa shape index (κ1) is 20.2. The zero-order valence-corrected chi connectivity index (χ0v) is 15.5. The third kappa shape index (κ3) is 5.07. The standard InChI is InChI=1S/C20H20F2N4O3/c21-13-4-5-16(17(22)10-13)19(28)26-8-6-12(7-9-26)18(27)24-14-2-1-3-15(11-14)25-20(23)29/h1-5,10-12H,6-9H2,(H,24,27)(H3,23,25,29). The summed E-state index contributed by atoms with van der Waals surface area (Å²) in [5.41, 5.74) is 5.85. The van der Waals surface area contributed by atoms with Crippen LogP contribution in [-0.2, 0) is 4.79 Å². The molecule has 4 N–H and O–H groups in total. The van der Waals surface area contributed by atoms with Gasteiger partial charge in [-0.1, -0.05) is 6.07 Å². The van der Waals surface area contributed by atoms with Crippen LogP contribution in [0.5, 0.6) is 0 Å². The third-order valence-electron chi connectivity index (χ3n) is 4.71. The molecular formula is C20H20F2N4O3. The van der Waals surface area contributed by atoms with Crippen LogP contribution in [0.4, 0.5) is 25.0 Å². The Hall–Kier alpha value is -3.49. The Morgan fingerprint density at radius 1 is 0.966 bits per heavy atom. The van der Waals surface area contributed by atoms with Crippen molar-refractivity contribution in [2.75, 3.05) is 23.7 Å². The van der Waals surface area contributed by atoms with E-state index in [1.165, 1.54) is 4.90 Å². The number of rotatable bonds is 4. The lowest BCUT2D eigenvalue weighted by Gasteiger charge is -2.31. The summed E-state index contributed by atoms with van der Waals surface area (Å²) in [7, 11) is 0. The molecule has 4 amide bonds. The first-order valence-corrected chi connectivity index (χ1v) is 9.05. The summed E-state index contributed by atoms with van der Waals surface area (Å²) in [6.45, 7) is 0.577. The Morgan fingerprint density at radius 2 is 1.62 bits per heavy atom. The van der Waals surface area contributed by atoms with E-state index in [0.29, 0.717) is 30.3 Å². The summed E-state index contributed by atoms with van der Waals surface area (Å²) in [5.74, 6) is -2.69. The van der Waals surface area contributed by atoms with E-state index in [1.54, 1.807) is 24.3 Å².